The lowest BCUT2D eigenvalue weighted by atomic mass is 9.96. The average molecular weight is 334 g/mol. The van der Waals surface area contributed by atoms with E-state index in [1.807, 2.05) is 18.2 Å². The van der Waals surface area contributed by atoms with Gasteiger partial charge in [-0.3, -0.25) is 19.3 Å². The molecule has 0 spiro atoms. The van der Waals surface area contributed by atoms with Gasteiger partial charge >= 0.3 is 0 Å². The van der Waals surface area contributed by atoms with Gasteiger partial charge in [-0.25, -0.2) is 0 Å². The second-order valence-corrected chi connectivity index (χ2v) is 6.67. The van der Waals surface area contributed by atoms with Crippen LogP contribution in [0.25, 0.3) is 0 Å². The highest BCUT2D eigenvalue weighted by Crippen LogP contribution is 2.47. The van der Waals surface area contributed by atoms with Crippen molar-refractivity contribution in [2.75, 3.05) is 13.1 Å². The molecule has 5 heteroatoms. The van der Waals surface area contributed by atoms with Gasteiger partial charge in [-0.15, -0.1) is 0 Å². The average Bonchev–Trinajstić information content (AvgIpc) is 3.41. The van der Waals surface area contributed by atoms with Gasteiger partial charge in [-0.1, -0.05) is 42.5 Å². The summed E-state index contributed by atoms with van der Waals surface area (Å²) >= 11 is 0. The molecule has 2 aromatic carbocycles. The first-order valence-electron chi connectivity index (χ1n) is 8.38. The summed E-state index contributed by atoms with van der Waals surface area (Å²) in [6.07, 6.45) is 2.06. The van der Waals surface area contributed by atoms with E-state index in [0.717, 1.165) is 17.7 Å². The van der Waals surface area contributed by atoms with Gasteiger partial charge in [0.05, 0.1) is 11.1 Å². The third-order valence-corrected chi connectivity index (χ3v) is 5.04. The summed E-state index contributed by atoms with van der Waals surface area (Å²) < 4.78 is 0. The van der Waals surface area contributed by atoms with Crippen LogP contribution in [0, 0.1) is 0 Å². The third-order valence-electron chi connectivity index (χ3n) is 5.04. The van der Waals surface area contributed by atoms with Gasteiger partial charge in [0.2, 0.25) is 5.91 Å². The van der Waals surface area contributed by atoms with Crippen molar-refractivity contribution in [3.05, 3.63) is 71.3 Å². The standard InChI is InChI=1S/C20H18N2O3/c23-17(21-13-20(10-11-20)14-6-2-1-3-7-14)12-22-18(24)15-8-4-5-9-16(15)19(22)25/h1-9H,10-13H2,(H,21,23). The molecule has 1 aliphatic heterocycles. The van der Waals surface area contributed by atoms with E-state index in [1.54, 1.807) is 24.3 Å². The Hall–Kier alpha value is -2.95. The van der Waals surface area contributed by atoms with E-state index >= 15 is 0 Å². The second kappa shape index (κ2) is 5.84. The molecule has 0 radical (unpaired) electrons. The summed E-state index contributed by atoms with van der Waals surface area (Å²) in [6, 6.07) is 16.8. The minimum Gasteiger partial charge on any atom is -0.354 e. The molecule has 0 atom stereocenters. The minimum atomic E-state index is -0.403. The normalized spacial score (nSPS) is 17.4. The van der Waals surface area contributed by atoms with Crippen molar-refractivity contribution >= 4 is 17.7 Å². The van der Waals surface area contributed by atoms with E-state index in [9.17, 15) is 14.4 Å². The number of benzene rings is 2. The van der Waals surface area contributed by atoms with Crippen molar-refractivity contribution in [1.82, 2.24) is 10.2 Å². The zero-order valence-electron chi connectivity index (χ0n) is 13.7. The molecule has 25 heavy (non-hydrogen) atoms. The van der Waals surface area contributed by atoms with Crippen LogP contribution in [0.15, 0.2) is 54.6 Å². The predicted octanol–water partition coefficient (Wildman–Crippen LogP) is 2.13. The van der Waals surface area contributed by atoms with Gasteiger partial charge in [-0.2, -0.15) is 0 Å². The fourth-order valence-electron chi connectivity index (χ4n) is 3.36. The zero-order chi connectivity index (χ0) is 17.4. The number of carbonyl (C=O) groups excluding carboxylic acids is 3. The number of amides is 3. The molecule has 0 saturated heterocycles. The van der Waals surface area contributed by atoms with Crippen molar-refractivity contribution < 1.29 is 14.4 Å². The van der Waals surface area contributed by atoms with Crippen molar-refractivity contribution in [3.63, 3.8) is 0 Å². The molecule has 1 heterocycles. The summed E-state index contributed by atoms with van der Waals surface area (Å²) in [4.78, 5) is 37.9. The van der Waals surface area contributed by atoms with Crippen LogP contribution in [-0.2, 0) is 10.2 Å². The molecule has 0 aromatic heterocycles. The molecule has 126 valence electrons. The van der Waals surface area contributed by atoms with Crippen LogP contribution in [0.5, 0.6) is 0 Å². The van der Waals surface area contributed by atoms with Gasteiger partial charge in [0.1, 0.15) is 6.54 Å². The number of hydrogen-bond donors (Lipinski definition) is 1. The highest BCUT2D eigenvalue weighted by molar-refractivity contribution is 6.22. The number of carbonyl (C=O) groups is 3. The van der Waals surface area contributed by atoms with E-state index in [2.05, 4.69) is 17.4 Å². The quantitative estimate of drug-likeness (QED) is 0.852. The highest BCUT2D eigenvalue weighted by Gasteiger charge is 2.44. The predicted molar refractivity (Wildman–Crippen MR) is 92.2 cm³/mol. The molecule has 1 saturated carbocycles. The summed E-state index contributed by atoms with van der Waals surface area (Å²) in [5.41, 5.74) is 1.95. The van der Waals surface area contributed by atoms with Crippen LogP contribution in [0.2, 0.25) is 0 Å². The number of rotatable bonds is 5. The molecular formula is C20H18N2O3. The largest absolute Gasteiger partial charge is 0.354 e. The third kappa shape index (κ3) is 2.71. The van der Waals surface area contributed by atoms with Gasteiger partial charge < -0.3 is 5.32 Å². The molecule has 2 aliphatic rings. The number of imide groups is 1. The van der Waals surface area contributed by atoms with E-state index in [1.165, 1.54) is 5.56 Å². The minimum absolute atomic E-state index is 0.00108. The Morgan fingerprint density at radius 3 is 2.04 bits per heavy atom. The van der Waals surface area contributed by atoms with Gasteiger partial charge in [0, 0.05) is 12.0 Å². The first kappa shape index (κ1) is 15.6. The smallest absolute Gasteiger partial charge is 0.262 e. The summed E-state index contributed by atoms with van der Waals surface area (Å²) in [5.74, 6) is -1.11. The van der Waals surface area contributed by atoms with E-state index in [0.29, 0.717) is 17.7 Å². The number of hydrogen-bond acceptors (Lipinski definition) is 3. The zero-order valence-corrected chi connectivity index (χ0v) is 13.7. The van der Waals surface area contributed by atoms with Crippen LogP contribution >= 0.6 is 0 Å². The lowest BCUT2D eigenvalue weighted by Crippen LogP contribution is -2.42. The second-order valence-electron chi connectivity index (χ2n) is 6.67. The van der Waals surface area contributed by atoms with Crippen molar-refractivity contribution in [2.24, 2.45) is 0 Å². The number of nitrogens with zero attached hydrogens (tertiary/aromatic N) is 1. The molecular weight excluding hydrogens is 316 g/mol. The Bertz CT molecular complexity index is 821. The Morgan fingerprint density at radius 2 is 1.48 bits per heavy atom. The molecule has 1 aliphatic carbocycles. The summed E-state index contributed by atoms with van der Waals surface area (Å²) in [5, 5.41) is 2.89. The Morgan fingerprint density at radius 1 is 0.920 bits per heavy atom. The number of nitrogens with one attached hydrogen (secondary N) is 1. The first-order chi connectivity index (χ1) is 12.1. The van der Waals surface area contributed by atoms with Crippen LogP contribution in [0.1, 0.15) is 39.1 Å². The molecule has 4 rings (SSSR count). The SMILES string of the molecule is O=C(CN1C(=O)c2ccccc2C1=O)NCC1(c2ccccc2)CC1. The Labute approximate surface area is 145 Å². The molecule has 1 fully saturated rings. The maximum Gasteiger partial charge on any atom is 0.262 e. The lowest BCUT2D eigenvalue weighted by Gasteiger charge is -2.18. The van der Waals surface area contributed by atoms with E-state index in [4.69, 9.17) is 0 Å². The molecule has 3 amide bonds. The topological polar surface area (TPSA) is 66.5 Å². The van der Waals surface area contributed by atoms with Gasteiger partial charge in [0.15, 0.2) is 0 Å². The van der Waals surface area contributed by atoms with Crippen LogP contribution < -0.4 is 5.32 Å². The lowest BCUT2D eigenvalue weighted by molar-refractivity contribution is -0.121. The Balaban J connectivity index is 1.39. The van der Waals surface area contributed by atoms with Crippen LogP contribution in [-0.4, -0.2) is 35.7 Å². The van der Waals surface area contributed by atoms with E-state index in [-0.39, 0.29) is 17.9 Å². The summed E-state index contributed by atoms with van der Waals surface area (Å²) in [6.45, 7) is 0.288. The highest BCUT2D eigenvalue weighted by atomic mass is 16.2. The monoisotopic (exact) mass is 334 g/mol. The molecule has 0 unspecified atom stereocenters. The van der Waals surface area contributed by atoms with Gasteiger partial charge in [-0.05, 0) is 30.5 Å². The van der Waals surface area contributed by atoms with Crippen LogP contribution in [0.4, 0.5) is 0 Å². The molecule has 5 nitrogen and oxygen atoms in total. The van der Waals surface area contributed by atoms with E-state index < -0.39 is 11.8 Å². The summed E-state index contributed by atoms with van der Waals surface area (Å²) in [7, 11) is 0. The maximum atomic E-state index is 12.3. The van der Waals surface area contributed by atoms with Gasteiger partial charge in [0.25, 0.3) is 11.8 Å². The molecule has 1 N–H and O–H groups in total. The van der Waals surface area contributed by atoms with Crippen molar-refractivity contribution in [1.29, 1.82) is 0 Å². The van der Waals surface area contributed by atoms with Crippen molar-refractivity contribution in [3.8, 4) is 0 Å². The van der Waals surface area contributed by atoms with Crippen LogP contribution in [0.3, 0.4) is 0 Å². The molecule has 2 aromatic rings. The Kier molecular flexibility index (Phi) is 3.64. The number of fused-ring (bicyclic) bond motifs is 1. The molecule has 0 bridgehead atoms. The first-order valence-corrected chi connectivity index (χ1v) is 8.38. The fraction of sp³-hybridized carbons (Fsp3) is 0.250. The van der Waals surface area contributed by atoms with Crippen molar-refractivity contribution in [2.45, 2.75) is 18.3 Å². The fourth-order valence-corrected chi connectivity index (χ4v) is 3.36. The maximum absolute atomic E-state index is 12.3.